The number of anilines is 1. The van der Waals surface area contributed by atoms with Gasteiger partial charge in [0.05, 0.1) is 5.02 Å². The molecule has 7 nitrogen and oxygen atoms in total. The fourth-order valence-electron chi connectivity index (χ4n) is 3.28. The zero-order valence-electron chi connectivity index (χ0n) is 16.7. The van der Waals surface area contributed by atoms with Crippen molar-refractivity contribution in [1.29, 1.82) is 0 Å². The van der Waals surface area contributed by atoms with Crippen LogP contribution in [0.2, 0.25) is 5.02 Å². The van der Waals surface area contributed by atoms with Crippen molar-refractivity contribution in [2.75, 3.05) is 25.0 Å². The average molecular weight is 450 g/mol. The molecule has 2 N–H and O–H groups in total. The second-order valence-electron chi connectivity index (χ2n) is 7.13. The molecule has 2 aromatic rings. The Bertz CT molecular complexity index is 1050. The molecule has 2 amide bonds. The van der Waals surface area contributed by atoms with Crippen LogP contribution >= 0.6 is 11.6 Å². The predicted octanol–water partition coefficient (Wildman–Crippen LogP) is 3.19. The first-order chi connectivity index (χ1) is 14.3. The summed E-state index contributed by atoms with van der Waals surface area (Å²) in [6.07, 6.45) is 1.69. The highest BCUT2D eigenvalue weighted by molar-refractivity contribution is 7.89. The summed E-state index contributed by atoms with van der Waals surface area (Å²) in [7, 11) is -3.70. The number of amides is 2. The minimum atomic E-state index is -3.70. The molecule has 0 aliphatic carbocycles. The lowest BCUT2D eigenvalue weighted by atomic mass is 10.1. The number of sulfonamides is 1. The second kappa shape index (κ2) is 9.59. The van der Waals surface area contributed by atoms with E-state index < -0.39 is 10.0 Å². The fraction of sp³-hybridized carbons (Fsp3) is 0.333. The topological polar surface area (TPSA) is 95.6 Å². The van der Waals surface area contributed by atoms with Gasteiger partial charge >= 0.3 is 0 Å². The Morgan fingerprint density at radius 1 is 1.10 bits per heavy atom. The summed E-state index contributed by atoms with van der Waals surface area (Å²) in [6, 6.07) is 11.6. The van der Waals surface area contributed by atoms with Gasteiger partial charge in [-0.25, -0.2) is 8.42 Å². The van der Waals surface area contributed by atoms with E-state index in [-0.39, 0.29) is 34.7 Å². The number of nitrogens with zero attached hydrogens (tertiary/aromatic N) is 1. The number of carbonyl (C=O) groups is 2. The maximum Gasteiger partial charge on any atom is 0.251 e. The first kappa shape index (κ1) is 22.3. The molecule has 3 rings (SSSR count). The molecule has 1 aliphatic rings. The third-order valence-electron chi connectivity index (χ3n) is 4.93. The minimum Gasteiger partial charge on any atom is -0.352 e. The van der Waals surface area contributed by atoms with Crippen LogP contribution in [0.15, 0.2) is 47.4 Å². The fourth-order valence-corrected chi connectivity index (χ4v) is 5.30. The molecule has 1 fully saturated rings. The van der Waals surface area contributed by atoms with Gasteiger partial charge in [-0.1, -0.05) is 29.8 Å². The highest BCUT2D eigenvalue weighted by Gasteiger charge is 2.29. The minimum absolute atomic E-state index is 0.0169. The third kappa shape index (κ3) is 5.19. The van der Waals surface area contributed by atoms with Crippen LogP contribution in [0.25, 0.3) is 0 Å². The maximum absolute atomic E-state index is 12.8. The summed E-state index contributed by atoms with van der Waals surface area (Å²) in [5.41, 5.74) is 1.76. The Morgan fingerprint density at radius 2 is 1.80 bits per heavy atom. The number of halogens is 1. The first-order valence-electron chi connectivity index (χ1n) is 9.72. The van der Waals surface area contributed by atoms with E-state index in [1.54, 1.807) is 18.2 Å². The SMILES string of the molecule is Cc1ccccc1C(=O)NCCC(=O)Nc1ccc(Cl)c(S(=O)(=O)N2CCCC2)c1. The zero-order valence-corrected chi connectivity index (χ0v) is 18.2. The van der Waals surface area contributed by atoms with Gasteiger partial charge in [0, 0.05) is 37.3 Å². The summed E-state index contributed by atoms with van der Waals surface area (Å²) in [6.45, 7) is 2.94. The van der Waals surface area contributed by atoms with Gasteiger partial charge in [0.15, 0.2) is 0 Å². The summed E-state index contributed by atoms with van der Waals surface area (Å²) in [5.74, 6) is -0.585. The van der Waals surface area contributed by atoms with E-state index in [1.807, 2.05) is 19.1 Å². The molecule has 1 heterocycles. The summed E-state index contributed by atoms with van der Waals surface area (Å²) >= 11 is 6.12. The molecular weight excluding hydrogens is 426 g/mol. The monoisotopic (exact) mass is 449 g/mol. The van der Waals surface area contributed by atoms with Gasteiger partial charge in [-0.2, -0.15) is 4.31 Å². The summed E-state index contributed by atoms with van der Waals surface area (Å²) < 4.78 is 27.0. The first-order valence-corrected chi connectivity index (χ1v) is 11.5. The van der Waals surface area contributed by atoms with Gasteiger partial charge in [-0.15, -0.1) is 0 Å². The van der Waals surface area contributed by atoms with Crippen molar-refractivity contribution in [3.8, 4) is 0 Å². The van der Waals surface area contributed by atoms with Crippen LogP contribution in [0, 0.1) is 6.92 Å². The quantitative estimate of drug-likeness (QED) is 0.678. The highest BCUT2D eigenvalue weighted by atomic mass is 35.5. The van der Waals surface area contributed by atoms with Crippen LogP contribution in [0.5, 0.6) is 0 Å². The van der Waals surface area contributed by atoms with E-state index in [1.165, 1.54) is 16.4 Å². The maximum atomic E-state index is 12.8. The Balaban J connectivity index is 1.59. The Labute approximate surface area is 181 Å². The van der Waals surface area contributed by atoms with Crippen molar-refractivity contribution in [1.82, 2.24) is 9.62 Å². The molecule has 2 aromatic carbocycles. The Kier molecular flexibility index (Phi) is 7.12. The number of benzene rings is 2. The molecule has 160 valence electrons. The van der Waals surface area contributed by atoms with Gasteiger partial charge in [0.25, 0.3) is 5.91 Å². The number of rotatable bonds is 7. The summed E-state index contributed by atoms with van der Waals surface area (Å²) in [5, 5.41) is 5.50. The van der Waals surface area contributed by atoms with Gasteiger partial charge in [0.2, 0.25) is 15.9 Å². The molecule has 0 bridgehead atoms. The molecule has 1 saturated heterocycles. The van der Waals surface area contributed by atoms with Gasteiger partial charge in [0.1, 0.15) is 4.90 Å². The van der Waals surface area contributed by atoms with Crippen molar-refractivity contribution >= 4 is 39.1 Å². The smallest absolute Gasteiger partial charge is 0.251 e. The van der Waals surface area contributed by atoms with Crippen molar-refractivity contribution in [3.05, 3.63) is 58.6 Å². The number of hydrogen-bond acceptors (Lipinski definition) is 4. The van der Waals surface area contributed by atoms with Gasteiger partial charge < -0.3 is 10.6 Å². The standard InChI is InChI=1S/C21H24ClN3O4S/c1-15-6-2-3-7-17(15)21(27)23-11-10-20(26)24-16-8-9-18(22)19(14-16)30(28,29)25-12-4-5-13-25/h2-3,6-9,14H,4-5,10-13H2,1H3,(H,23,27)(H,24,26). The second-order valence-corrected chi connectivity index (χ2v) is 9.44. The van der Waals surface area contributed by atoms with Crippen molar-refractivity contribution in [2.45, 2.75) is 31.1 Å². The van der Waals surface area contributed by atoms with Crippen molar-refractivity contribution < 1.29 is 18.0 Å². The van der Waals surface area contributed by atoms with Gasteiger partial charge in [-0.3, -0.25) is 9.59 Å². The zero-order chi connectivity index (χ0) is 21.7. The number of aryl methyl sites for hydroxylation is 1. The molecule has 0 spiro atoms. The van der Waals surface area contributed by atoms with E-state index in [9.17, 15) is 18.0 Å². The van der Waals surface area contributed by atoms with Crippen molar-refractivity contribution in [2.24, 2.45) is 0 Å². The number of nitrogens with one attached hydrogen (secondary N) is 2. The largest absolute Gasteiger partial charge is 0.352 e. The van der Waals surface area contributed by atoms with Crippen LogP contribution in [0.1, 0.15) is 35.2 Å². The van der Waals surface area contributed by atoms with Crippen LogP contribution < -0.4 is 10.6 Å². The summed E-state index contributed by atoms with van der Waals surface area (Å²) in [4.78, 5) is 24.4. The molecule has 9 heteroatoms. The van der Waals surface area contributed by atoms with E-state index in [0.29, 0.717) is 24.3 Å². The molecule has 0 atom stereocenters. The normalized spacial score (nSPS) is 14.5. The van der Waals surface area contributed by atoms with Crippen molar-refractivity contribution in [3.63, 3.8) is 0 Å². The number of carbonyl (C=O) groups excluding carboxylic acids is 2. The van der Waals surface area contributed by atoms with Crippen LogP contribution in [0.4, 0.5) is 5.69 Å². The Hall–Kier alpha value is -2.42. The molecule has 0 saturated carbocycles. The van der Waals surface area contributed by atoms with E-state index in [4.69, 9.17) is 11.6 Å². The molecule has 0 unspecified atom stereocenters. The van der Waals surface area contributed by atoms with Crippen LogP contribution in [0.3, 0.4) is 0 Å². The lowest BCUT2D eigenvalue weighted by Gasteiger charge is -2.17. The molecular formula is C21H24ClN3O4S. The van der Waals surface area contributed by atoms with Crippen LogP contribution in [-0.4, -0.2) is 44.2 Å². The average Bonchev–Trinajstić information content (AvgIpc) is 3.25. The molecule has 0 radical (unpaired) electrons. The molecule has 30 heavy (non-hydrogen) atoms. The van der Waals surface area contributed by atoms with Gasteiger partial charge in [-0.05, 0) is 49.6 Å². The lowest BCUT2D eigenvalue weighted by Crippen LogP contribution is -2.29. The van der Waals surface area contributed by atoms with E-state index >= 15 is 0 Å². The Morgan fingerprint density at radius 3 is 2.50 bits per heavy atom. The lowest BCUT2D eigenvalue weighted by molar-refractivity contribution is -0.116. The molecule has 1 aliphatic heterocycles. The molecule has 0 aromatic heterocycles. The van der Waals surface area contributed by atoms with E-state index in [2.05, 4.69) is 10.6 Å². The highest BCUT2D eigenvalue weighted by Crippen LogP contribution is 2.29. The number of hydrogen-bond donors (Lipinski definition) is 2. The third-order valence-corrected chi connectivity index (χ3v) is 7.31. The van der Waals surface area contributed by atoms with E-state index in [0.717, 1.165) is 18.4 Å². The van der Waals surface area contributed by atoms with Crippen LogP contribution in [-0.2, 0) is 14.8 Å². The predicted molar refractivity (Wildman–Crippen MR) is 116 cm³/mol.